The van der Waals surface area contributed by atoms with E-state index in [0.717, 1.165) is 19.4 Å². The molecule has 0 aromatic rings. The van der Waals surface area contributed by atoms with Crippen molar-refractivity contribution in [2.45, 2.75) is 51.2 Å². The molecule has 1 aliphatic heterocycles. The van der Waals surface area contributed by atoms with Crippen LogP contribution in [0.5, 0.6) is 0 Å². The van der Waals surface area contributed by atoms with Crippen LogP contribution in [0.15, 0.2) is 0 Å². The number of nitrogens with one attached hydrogen (secondary N) is 3. The minimum absolute atomic E-state index is 0.00751. The molecule has 0 saturated carbocycles. The highest BCUT2D eigenvalue weighted by Crippen LogP contribution is 2.11. The predicted molar refractivity (Wildman–Crippen MR) is 85.8 cm³/mol. The summed E-state index contributed by atoms with van der Waals surface area (Å²) >= 11 is 3.92. The summed E-state index contributed by atoms with van der Waals surface area (Å²) < 4.78 is 0. The lowest BCUT2D eigenvalue weighted by Gasteiger charge is -2.26. The van der Waals surface area contributed by atoms with Gasteiger partial charge in [0.25, 0.3) is 0 Å². The van der Waals surface area contributed by atoms with Crippen LogP contribution in [0.2, 0.25) is 0 Å². The first-order valence-corrected chi connectivity index (χ1v) is 8.21. The molecule has 0 aromatic heterocycles. The topological polar surface area (TPSA) is 108 Å². The molecule has 1 rings (SSSR count). The smallest absolute Gasteiger partial charge is 0.327 e. The number of aliphatic carboxylic acids is 1. The van der Waals surface area contributed by atoms with Gasteiger partial charge in [-0.05, 0) is 25.3 Å². The average Bonchev–Trinajstić information content (AvgIpc) is 3.03. The summed E-state index contributed by atoms with van der Waals surface area (Å²) in [6.07, 6.45) is 2.36. The van der Waals surface area contributed by atoms with Gasteiger partial charge in [0, 0.05) is 5.75 Å². The first-order valence-electron chi connectivity index (χ1n) is 7.58. The van der Waals surface area contributed by atoms with Crippen molar-refractivity contribution < 1.29 is 19.5 Å². The van der Waals surface area contributed by atoms with Crippen molar-refractivity contribution in [3.8, 4) is 0 Å². The van der Waals surface area contributed by atoms with E-state index in [1.807, 2.05) is 13.8 Å². The first kappa shape index (κ1) is 18.8. The van der Waals surface area contributed by atoms with Gasteiger partial charge in [-0.2, -0.15) is 12.6 Å². The van der Waals surface area contributed by atoms with Crippen molar-refractivity contribution in [2.75, 3.05) is 12.3 Å². The third kappa shape index (κ3) is 5.17. The van der Waals surface area contributed by atoms with Gasteiger partial charge < -0.3 is 21.1 Å². The monoisotopic (exact) mass is 331 g/mol. The third-order valence-corrected chi connectivity index (χ3v) is 4.33. The lowest BCUT2D eigenvalue weighted by atomic mass is 9.97. The second kappa shape index (κ2) is 8.99. The van der Waals surface area contributed by atoms with Gasteiger partial charge in [0.15, 0.2) is 0 Å². The van der Waals surface area contributed by atoms with Crippen LogP contribution in [0, 0.1) is 5.92 Å². The van der Waals surface area contributed by atoms with Gasteiger partial charge in [-0.1, -0.05) is 20.3 Å². The molecule has 1 fully saturated rings. The van der Waals surface area contributed by atoms with E-state index in [4.69, 9.17) is 5.11 Å². The SMILES string of the molecule is CCC(C)C(NC(=O)C1CCCN1)C(=O)NC(CS)C(=O)O. The fourth-order valence-electron chi connectivity index (χ4n) is 2.31. The molecule has 1 saturated heterocycles. The largest absolute Gasteiger partial charge is 0.480 e. The van der Waals surface area contributed by atoms with E-state index in [2.05, 4.69) is 28.6 Å². The molecule has 22 heavy (non-hydrogen) atoms. The summed E-state index contributed by atoms with van der Waals surface area (Å²) in [4.78, 5) is 35.5. The number of carboxylic acid groups (broad SMARTS) is 1. The molecule has 4 atom stereocenters. The second-order valence-electron chi connectivity index (χ2n) is 5.60. The highest BCUT2D eigenvalue weighted by molar-refractivity contribution is 7.80. The van der Waals surface area contributed by atoms with Crippen LogP contribution in [0.1, 0.15) is 33.1 Å². The molecule has 0 radical (unpaired) electrons. The van der Waals surface area contributed by atoms with Gasteiger partial charge in [-0.15, -0.1) is 0 Å². The standard InChI is InChI=1S/C14H25N3O4S/c1-3-8(2)11(13(19)16-10(7-22)14(20)21)17-12(18)9-5-4-6-15-9/h8-11,15,22H,3-7H2,1-2H3,(H,16,19)(H,17,18)(H,20,21). The number of carbonyl (C=O) groups is 3. The van der Waals surface area contributed by atoms with Gasteiger partial charge in [0.1, 0.15) is 12.1 Å². The van der Waals surface area contributed by atoms with Gasteiger partial charge in [0.2, 0.25) is 11.8 Å². The van der Waals surface area contributed by atoms with Crippen molar-refractivity contribution in [3.63, 3.8) is 0 Å². The summed E-state index contributed by atoms with van der Waals surface area (Å²) in [6, 6.07) is -2.09. The molecule has 4 N–H and O–H groups in total. The predicted octanol–water partition coefficient (Wildman–Crippen LogP) is -0.231. The fourth-order valence-corrected chi connectivity index (χ4v) is 2.56. The Bertz CT molecular complexity index is 413. The second-order valence-corrected chi connectivity index (χ2v) is 5.97. The highest BCUT2D eigenvalue weighted by Gasteiger charge is 2.31. The Labute approximate surface area is 136 Å². The normalized spacial score (nSPS) is 21.7. The maximum atomic E-state index is 12.3. The maximum absolute atomic E-state index is 12.3. The van der Waals surface area contributed by atoms with E-state index >= 15 is 0 Å². The summed E-state index contributed by atoms with van der Waals surface area (Å²) in [5.74, 6) is -1.94. The third-order valence-electron chi connectivity index (χ3n) is 3.97. The van der Waals surface area contributed by atoms with E-state index < -0.39 is 24.0 Å². The van der Waals surface area contributed by atoms with E-state index in [9.17, 15) is 14.4 Å². The molecular weight excluding hydrogens is 306 g/mol. The summed E-state index contributed by atoms with van der Waals surface area (Å²) in [5.41, 5.74) is 0. The molecule has 0 aliphatic carbocycles. The Balaban J connectivity index is 2.72. The molecule has 126 valence electrons. The number of amides is 2. The van der Waals surface area contributed by atoms with Crippen molar-refractivity contribution in [2.24, 2.45) is 5.92 Å². The quantitative estimate of drug-likeness (QED) is 0.395. The number of carbonyl (C=O) groups excluding carboxylic acids is 2. The van der Waals surface area contributed by atoms with Crippen LogP contribution in [0.4, 0.5) is 0 Å². The van der Waals surface area contributed by atoms with Crippen LogP contribution in [0.25, 0.3) is 0 Å². The van der Waals surface area contributed by atoms with Gasteiger partial charge in [-0.3, -0.25) is 9.59 Å². The van der Waals surface area contributed by atoms with Crippen molar-refractivity contribution >= 4 is 30.4 Å². The fraction of sp³-hybridized carbons (Fsp3) is 0.786. The Kier molecular flexibility index (Phi) is 7.67. The van der Waals surface area contributed by atoms with Crippen LogP contribution < -0.4 is 16.0 Å². The van der Waals surface area contributed by atoms with E-state index in [1.54, 1.807) is 0 Å². The molecule has 0 bridgehead atoms. The number of thiol groups is 1. The minimum Gasteiger partial charge on any atom is -0.480 e. The Morgan fingerprint density at radius 2 is 2.05 bits per heavy atom. The maximum Gasteiger partial charge on any atom is 0.327 e. The van der Waals surface area contributed by atoms with Crippen molar-refractivity contribution in [1.82, 2.24) is 16.0 Å². The van der Waals surface area contributed by atoms with Crippen LogP contribution in [-0.4, -0.2) is 53.3 Å². The van der Waals surface area contributed by atoms with E-state index in [0.29, 0.717) is 6.42 Å². The molecule has 2 amide bonds. The van der Waals surface area contributed by atoms with Crippen LogP contribution >= 0.6 is 12.6 Å². The molecule has 1 heterocycles. The van der Waals surface area contributed by atoms with Crippen LogP contribution in [-0.2, 0) is 14.4 Å². The number of hydrogen-bond acceptors (Lipinski definition) is 5. The molecule has 4 unspecified atom stereocenters. The number of hydrogen-bond donors (Lipinski definition) is 5. The van der Waals surface area contributed by atoms with Crippen molar-refractivity contribution in [1.29, 1.82) is 0 Å². The van der Waals surface area contributed by atoms with Gasteiger partial charge in [-0.25, -0.2) is 4.79 Å². The Hall–Kier alpha value is -1.28. The zero-order valence-electron chi connectivity index (χ0n) is 13.0. The zero-order valence-corrected chi connectivity index (χ0v) is 13.9. The highest BCUT2D eigenvalue weighted by atomic mass is 32.1. The molecular formula is C14H25N3O4S. The minimum atomic E-state index is -1.14. The molecule has 0 spiro atoms. The van der Waals surface area contributed by atoms with Crippen molar-refractivity contribution in [3.05, 3.63) is 0 Å². The summed E-state index contributed by atoms with van der Waals surface area (Å²) in [5, 5.41) is 17.2. The average molecular weight is 331 g/mol. The summed E-state index contributed by atoms with van der Waals surface area (Å²) in [6.45, 7) is 4.56. The zero-order chi connectivity index (χ0) is 16.7. The first-order chi connectivity index (χ1) is 10.4. The number of rotatable bonds is 8. The molecule has 8 heteroatoms. The van der Waals surface area contributed by atoms with Gasteiger partial charge >= 0.3 is 5.97 Å². The van der Waals surface area contributed by atoms with E-state index in [-0.39, 0.29) is 23.6 Å². The lowest BCUT2D eigenvalue weighted by molar-refractivity contribution is -0.141. The molecule has 0 aromatic carbocycles. The summed E-state index contributed by atoms with van der Waals surface area (Å²) in [7, 11) is 0. The number of carboxylic acids is 1. The van der Waals surface area contributed by atoms with E-state index in [1.165, 1.54) is 0 Å². The lowest BCUT2D eigenvalue weighted by Crippen LogP contribution is -2.56. The Morgan fingerprint density at radius 3 is 2.50 bits per heavy atom. The van der Waals surface area contributed by atoms with Gasteiger partial charge in [0.05, 0.1) is 6.04 Å². The molecule has 7 nitrogen and oxygen atoms in total. The Morgan fingerprint density at radius 1 is 1.36 bits per heavy atom. The van der Waals surface area contributed by atoms with Crippen LogP contribution in [0.3, 0.4) is 0 Å². The molecule has 1 aliphatic rings.